The van der Waals surface area contributed by atoms with E-state index in [9.17, 15) is 14.4 Å². The van der Waals surface area contributed by atoms with Crippen molar-refractivity contribution in [3.05, 3.63) is 59.7 Å². The molecule has 2 N–H and O–H groups in total. The van der Waals surface area contributed by atoms with Gasteiger partial charge in [0.25, 0.3) is 5.91 Å². The summed E-state index contributed by atoms with van der Waals surface area (Å²) in [5.41, 5.74) is 2.01. The molecule has 0 fully saturated rings. The third kappa shape index (κ3) is 4.63. The number of anilines is 1. The molecule has 7 nitrogen and oxygen atoms in total. The molecule has 0 aromatic heterocycles. The second-order valence-electron chi connectivity index (χ2n) is 6.15. The van der Waals surface area contributed by atoms with Gasteiger partial charge in [-0.2, -0.15) is 0 Å². The number of carbonyl (C=O) groups is 3. The van der Waals surface area contributed by atoms with Crippen molar-refractivity contribution < 1.29 is 23.9 Å². The van der Waals surface area contributed by atoms with E-state index in [1.165, 1.54) is 7.11 Å². The monoisotopic (exact) mass is 368 g/mol. The van der Waals surface area contributed by atoms with Crippen LogP contribution in [-0.4, -0.2) is 38.0 Å². The molecule has 0 saturated carbocycles. The molecule has 1 heterocycles. The van der Waals surface area contributed by atoms with Crippen LogP contribution in [0.2, 0.25) is 0 Å². The highest BCUT2D eigenvalue weighted by atomic mass is 16.5. The van der Waals surface area contributed by atoms with E-state index in [1.807, 2.05) is 6.07 Å². The molecule has 2 amide bonds. The van der Waals surface area contributed by atoms with Gasteiger partial charge in [0.2, 0.25) is 5.91 Å². The van der Waals surface area contributed by atoms with Gasteiger partial charge in [-0.15, -0.1) is 0 Å². The van der Waals surface area contributed by atoms with Crippen molar-refractivity contribution in [2.45, 2.75) is 6.42 Å². The van der Waals surface area contributed by atoms with Crippen LogP contribution in [0.15, 0.2) is 48.5 Å². The molecule has 2 aromatic rings. The van der Waals surface area contributed by atoms with E-state index in [0.29, 0.717) is 23.4 Å². The highest BCUT2D eigenvalue weighted by Gasteiger charge is 2.26. The predicted octanol–water partition coefficient (Wildman–Crippen LogP) is 1.78. The Morgan fingerprint density at radius 2 is 1.93 bits per heavy atom. The van der Waals surface area contributed by atoms with Gasteiger partial charge in [0.1, 0.15) is 18.9 Å². The van der Waals surface area contributed by atoms with Crippen LogP contribution in [0.3, 0.4) is 0 Å². The smallest absolute Gasteiger partial charge is 0.325 e. The second kappa shape index (κ2) is 8.35. The van der Waals surface area contributed by atoms with E-state index in [1.54, 1.807) is 42.5 Å². The summed E-state index contributed by atoms with van der Waals surface area (Å²) in [6.45, 7) is 0.0571. The summed E-state index contributed by atoms with van der Waals surface area (Å²) < 4.78 is 10.2. The first-order valence-electron chi connectivity index (χ1n) is 8.53. The quantitative estimate of drug-likeness (QED) is 0.785. The predicted molar refractivity (Wildman–Crippen MR) is 98.6 cm³/mol. The molecule has 0 bridgehead atoms. The maximum absolute atomic E-state index is 12.3. The maximum atomic E-state index is 12.3. The minimum Gasteiger partial charge on any atom is -0.492 e. The van der Waals surface area contributed by atoms with E-state index in [-0.39, 0.29) is 25.0 Å². The van der Waals surface area contributed by atoms with Crippen molar-refractivity contribution >= 4 is 23.5 Å². The Morgan fingerprint density at radius 1 is 1.15 bits per heavy atom. The number of hydrogen-bond donors (Lipinski definition) is 2. The molecule has 1 atom stereocenters. The van der Waals surface area contributed by atoms with Gasteiger partial charge in [0, 0.05) is 11.3 Å². The van der Waals surface area contributed by atoms with Gasteiger partial charge in [-0.3, -0.25) is 14.4 Å². The molecule has 7 heteroatoms. The number of nitrogens with one attached hydrogen (secondary N) is 2. The van der Waals surface area contributed by atoms with Crippen molar-refractivity contribution in [3.8, 4) is 5.75 Å². The zero-order chi connectivity index (χ0) is 19.2. The normalized spacial score (nSPS) is 15.1. The molecular weight excluding hydrogens is 348 g/mol. The Morgan fingerprint density at radius 3 is 2.67 bits per heavy atom. The summed E-state index contributed by atoms with van der Waals surface area (Å²) in [6.07, 6.45) is 0.456. The second-order valence-corrected chi connectivity index (χ2v) is 6.15. The number of amides is 2. The third-order valence-corrected chi connectivity index (χ3v) is 4.27. The van der Waals surface area contributed by atoms with E-state index in [0.717, 1.165) is 5.56 Å². The van der Waals surface area contributed by atoms with Gasteiger partial charge in [-0.1, -0.05) is 18.2 Å². The molecule has 140 valence electrons. The van der Waals surface area contributed by atoms with Crippen LogP contribution in [-0.2, 0) is 20.7 Å². The highest BCUT2D eigenvalue weighted by Crippen LogP contribution is 2.30. The fourth-order valence-electron chi connectivity index (χ4n) is 2.81. The molecule has 1 aliphatic heterocycles. The lowest BCUT2D eigenvalue weighted by molar-refractivity contribution is -0.141. The molecule has 0 aliphatic carbocycles. The first kappa shape index (κ1) is 18.4. The van der Waals surface area contributed by atoms with E-state index >= 15 is 0 Å². The van der Waals surface area contributed by atoms with Gasteiger partial charge in [0.15, 0.2) is 0 Å². The van der Waals surface area contributed by atoms with E-state index < -0.39 is 11.9 Å². The van der Waals surface area contributed by atoms with E-state index in [2.05, 4.69) is 15.4 Å². The Labute approximate surface area is 156 Å². The van der Waals surface area contributed by atoms with Gasteiger partial charge >= 0.3 is 5.97 Å². The number of ether oxygens (including phenoxy) is 2. The number of rotatable bonds is 5. The zero-order valence-electron chi connectivity index (χ0n) is 14.9. The van der Waals surface area contributed by atoms with Crippen LogP contribution >= 0.6 is 0 Å². The molecule has 27 heavy (non-hydrogen) atoms. The van der Waals surface area contributed by atoms with Gasteiger partial charge in [-0.25, -0.2) is 0 Å². The number of esters is 1. The Bertz CT molecular complexity index is 851. The molecule has 3 rings (SSSR count). The van der Waals surface area contributed by atoms with Crippen molar-refractivity contribution in [1.29, 1.82) is 0 Å². The molecule has 0 saturated heterocycles. The van der Waals surface area contributed by atoms with Crippen LogP contribution in [0.4, 0.5) is 5.69 Å². The number of hydrogen-bond acceptors (Lipinski definition) is 5. The van der Waals surface area contributed by atoms with Crippen LogP contribution in [0.5, 0.6) is 5.75 Å². The van der Waals surface area contributed by atoms with Gasteiger partial charge in [-0.05, 0) is 42.3 Å². The lowest BCUT2D eigenvalue weighted by Crippen LogP contribution is -2.39. The summed E-state index contributed by atoms with van der Waals surface area (Å²) in [5, 5.41) is 5.38. The molecule has 2 aromatic carbocycles. The van der Waals surface area contributed by atoms with Crippen LogP contribution in [0, 0.1) is 5.92 Å². The first-order valence-corrected chi connectivity index (χ1v) is 8.53. The Balaban J connectivity index is 1.65. The van der Waals surface area contributed by atoms with Crippen molar-refractivity contribution in [2.75, 3.05) is 25.6 Å². The fourth-order valence-corrected chi connectivity index (χ4v) is 2.81. The zero-order valence-corrected chi connectivity index (χ0v) is 14.9. The lowest BCUT2D eigenvalue weighted by Gasteiger charge is -2.25. The standard InChI is InChI=1S/C20H20N2O5/c1-26-18(23)11-21-19(24)15-9-14-10-16(7-8-17(14)27-12-15)22-20(25)13-5-3-2-4-6-13/h2-8,10,15H,9,11-12H2,1H3,(H,21,24)(H,22,25)/t15-/m1/s1. The van der Waals surface area contributed by atoms with Crippen LogP contribution in [0.1, 0.15) is 15.9 Å². The lowest BCUT2D eigenvalue weighted by atomic mass is 9.95. The topological polar surface area (TPSA) is 93.7 Å². The average Bonchev–Trinajstić information content (AvgIpc) is 2.71. The van der Waals surface area contributed by atoms with Crippen LogP contribution < -0.4 is 15.4 Å². The number of fused-ring (bicyclic) bond motifs is 1. The summed E-state index contributed by atoms with van der Waals surface area (Å²) in [6, 6.07) is 14.3. The van der Waals surface area contributed by atoms with Crippen molar-refractivity contribution in [3.63, 3.8) is 0 Å². The molecule has 0 radical (unpaired) electrons. The molecule has 0 unspecified atom stereocenters. The van der Waals surface area contributed by atoms with Crippen molar-refractivity contribution in [2.24, 2.45) is 5.92 Å². The number of benzene rings is 2. The minimum atomic E-state index is -0.508. The Kier molecular flexibility index (Phi) is 5.71. The minimum absolute atomic E-state index is 0.175. The summed E-state index contributed by atoms with van der Waals surface area (Å²) in [7, 11) is 1.26. The summed E-state index contributed by atoms with van der Waals surface area (Å²) in [5.74, 6) is -0.720. The van der Waals surface area contributed by atoms with Gasteiger partial charge < -0.3 is 20.1 Å². The Hall–Kier alpha value is -3.35. The van der Waals surface area contributed by atoms with Gasteiger partial charge in [0.05, 0.1) is 13.0 Å². The largest absolute Gasteiger partial charge is 0.492 e. The average molecular weight is 368 g/mol. The molecule has 0 spiro atoms. The molecule has 1 aliphatic rings. The number of carbonyl (C=O) groups excluding carboxylic acids is 3. The third-order valence-electron chi connectivity index (χ3n) is 4.27. The maximum Gasteiger partial charge on any atom is 0.325 e. The summed E-state index contributed by atoms with van der Waals surface area (Å²) >= 11 is 0. The van der Waals surface area contributed by atoms with Crippen LogP contribution in [0.25, 0.3) is 0 Å². The fraction of sp³-hybridized carbons (Fsp3) is 0.250. The van der Waals surface area contributed by atoms with E-state index in [4.69, 9.17) is 4.74 Å². The highest BCUT2D eigenvalue weighted by molar-refractivity contribution is 6.04. The molecular formula is C20H20N2O5. The number of methoxy groups -OCH3 is 1. The first-order chi connectivity index (χ1) is 13.1. The van der Waals surface area contributed by atoms with Crippen molar-refractivity contribution in [1.82, 2.24) is 5.32 Å². The SMILES string of the molecule is COC(=O)CNC(=O)[C@H]1COc2ccc(NC(=O)c3ccccc3)cc2C1. The summed E-state index contributed by atoms with van der Waals surface area (Å²) in [4.78, 5) is 35.6.